The summed E-state index contributed by atoms with van der Waals surface area (Å²) in [5.41, 5.74) is 0.884. The van der Waals surface area contributed by atoms with E-state index in [-0.39, 0.29) is 36.6 Å². The smallest absolute Gasteiger partial charge is 0.240 e. The average molecular weight is 493 g/mol. The zero-order chi connectivity index (χ0) is 23.8. The van der Waals surface area contributed by atoms with E-state index in [0.29, 0.717) is 10.7 Å². The summed E-state index contributed by atoms with van der Waals surface area (Å²) in [5, 5.41) is 7.12. The second-order valence-electron chi connectivity index (χ2n) is 6.87. The van der Waals surface area contributed by atoms with Gasteiger partial charge in [0.2, 0.25) is 17.7 Å². The van der Waals surface area contributed by atoms with Crippen LogP contribution in [0.1, 0.15) is 18.4 Å². The van der Waals surface area contributed by atoms with Crippen LogP contribution in [-0.2, 0) is 20.9 Å². The van der Waals surface area contributed by atoms with Gasteiger partial charge in [-0.2, -0.15) is 0 Å². The Bertz CT molecular complexity index is 1130. The van der Waals surface area contributed by atoms with Gasteiger partial charge >= 0.3 is 0 Å². The predicted octanol–water partition coefficient (Wildman–Crippen LogP) is 4.14. The highest BCUT2D eigenvalue weighted by atomic mass is 35.5. The van der Waals surface area contributed by atoms with Crippen molar-refractivity contribution in [2.75, 3.05) is 16.8 Å². The van der Waals surface area contributed by atoms with Crippen molar-refractivity contribution in [2.24, 2.45) is 0 Å². The summed E-state index contributed by atoms with van der Waals surface area (Å²) in [7, 11) is 0. The molecule has 0 fully saturated rings. The van der Waals surface area contributed by atoms with Gasteiger partial charge in [-0.3, -0.25) is 14.4 Å². The molecule has 0 aliphatic rings. The van der Waals surface area contributed by atoms with Crippen molar-refractivity contribution in [3.8, 4) is 0 Å². The molecule has 7 nitrogen and oxygen atoms in total. The van der Waals surface area contributed by atoms with E-state index in [1.807, 2.05) is 0 Å². The Morgan fingerprint density at radius 1 is 1.03 bits per heavy atom. The molecule has 172 valence electrons. The molecule has 0 unspecified atom stereocenters. The van der Waals surface area contributed by atoms with Crippen molar-refractivity contribution < 1.29 is 23.2 Å². The molecule has 33 heavy (non-hydrogen) atoms. The summed E-state index contributed by atoms with van der Waals surface area (Å²) in [4.78, 5) is 42.5. The van der Waals surface area contributed by atoms with Crippen LogP contribution in [0, 0.1) is 11.6 Å². The Morgan fingerprint density at radius 3 is 2.45 bits per heavy atom. The molecule has 0 aliphatic heterocycles. The second kappa shape index (κ2) is 11.5. The summed E-state index contributed by atoms with van der Waals surface area (Å²) < 4.78 is 26.6. The van der Waals surface area contributed by atoms with E-state index in [1.165, 1.54) is 53.9 Å². The third kappa shape index (κ3) is 7.33. The maximum absolute atomic E-state index is 13.6. The number of carbonyl (C=O) groups is 3. The molecule has 0 aliphatic carbocycles. The van der Waals surface area contributed by atoms with Gasteiger partial charge in [-0.1, -0.05) is 23.7 Å². The van der Waals surface area contributed by atoms with Crippen LogP contribution in [0.15, 0.2) is 54.0 Å². The summed E-state index contributed by atoms with van der Waals surface area (Å²) >= 11 is 7.09. The lowest BCUT2D eigenvalue weighted by Gasteiger charge is -2.23. The SMILES string of the molecule is O=C(CN(C(=O)CCC(=O)Nc1nccs1)c1ccc(F)c(Cl)c1)NCc1ccc(F)cc1. The topological polar surface area (TPSA) is 91.4 Å². The largest absolute Gasteiger partial charge is 0.350 e. The Hall–Kier alpha value is -3.37. The Balaban J connectivity index is 1.65. The van der Waals surface area contributed by atoms with Crippen molar-refractivity contribution in [3.63, 3.8) is 0 Å². The third-order valence-electron chi connectivity index (χ3n) is 4.47. The zero-order valence-corrected chi connectivity index (χ0v) is 18.8. The lowest BCUT2D eigenvalue weighted by atomic mass is 10.2. The van der Waals surface area contributed by atoms with Crippen LogP contribution in [-0.4, -0.2) is 29.3 Å². The first-order valence-electron chi connectivity index (χ1n) is 9.77. The molecule has 0 radical (unpaired) electrons. The fourth-order valence-corrected chi connectivity index (χ4v) is 3.52. The number of carbonyl (C=O) groups excluding carboxylic acids is 3. The Morgan fingerprint density at radius 2 is 1.79 bits per heavy atom. The van der Waals surface area contributed by atoms with Gasteiger partial charge in [0.1, 0.15) is 18.2 Å². The molecule has 2 N–H and O–H groups in total. The minimum Gasteiger partial charge on any atom is -0.350 e. The maximum Gasteiger partial charge on any atom is 0.240 e. The van der Waals surface area contributed by atoms with E-state index in [2.05, 4.69) is 15.6 Å². The summed E-state index contributed by atoms with van der Waals surface area (Å²) in [6, 6.07) is 9.24. The number of thiazole rings is 1. The molecule has 0 spiro atoms. The quantitative estimate of drug-likeness (QED) is 0.469. The number of nitrogens with zero attached hydrogens (tertiary/aromatic N) is 2. The average Bonchev–Trinajstić information content (AvgIpc) is 3.30. The predicted molar refractivity (Wildman–Crippen MR) is 122 cm³/mol. The van der Waals surface area contributed by atoms with Gasteiger partial charge in [0.25, 0.3) is 0 Å². The number of rotatable bonds is 9. The number of anilines is 2. The van der Waals surface area contributed by atoms with E-state index >= 15 is 0 Å². The van der Waals surface area contributed by atoms with Crippen molar-refractivity contribution in [1.82, 2.24) is 10.3 Å². The minimum absolute atomic E-state index is 0.127. The summed E-state index contributed by atoms with van der Waals surface area (Å²) in [6.07, 6.45) is 1.20. The first kappa shape index (κ1) is 24.3. The maximum atomic E-state index is 13.6. The molecule has 11 heteroatoms. The van der Waals surface area contributed by atoms with Crippen molar-refractivity contribution in [2.45, 2.75) is 19.4 Å². The first-order chi connectivity index (χ1) is 15.8. The van der Waals surface area contributed by atoms with Gasteiger partial charge in [0, 0.05) is 36.7 Å². The van der Waals surface area contributed by atoms with E-state index in [1.54, 1.807) is 5.38 Å². The molecular weight excluding hydrogens is 474 g/mol. The van der Waals surface area contributed by atoms with E-state index in [0.717, 1.165) is 11.0 Å². The highest BCUT2D eigenvalue weighted by Gasteiger charge is 2.21. The van der Waals surface area contributed by atoms with Crippen LogP contribution in [0.25, 0.3) is 0 Å². The second-order valence-corrected chi connectivity index (χ2v) is 8.17. The zero-order valence-electron chi connectivity index (χ0n) is 17.2. The van der Waals surface area contributed by atoms with Crippen LogP contribution in [0.5, 0.6) is 0 Å². The van der Waals surface area contributed by atoms with E-state index in [4.69, 9.17) is 11.6 Å². The van der Waals surface area contributed by atoms with Crippen molar-refractivity contribution >= 4 is 51.5 Å². The van der Waals surface area contributed by atoms with Gasteiger partial charge in [0.05, 0.1) is 5.02 Å². The molecule has 3 amide bonds. The van der Waals surface area contributed by atoms with Gasteiger partial charge < -0.3 is 15.5 Å². The van der Waals surface area contributed by atoms with Crippen LogP contribution < -0.4 is 15.5 Å². The highest BCUT2D eigenvalue weighted by molar-refractivity contribution is 7.13. The van der Waals surface area contributed by atoms with Gasteiger partial charge in [-0.15, -0.1) is 11.3 Å². The summed E-state index contributed by atoms with van der Waals surface area (Å²) in [6.45, 7) is -0.252. The molecule has 3 aromatic rings. The molecule has 0 saturated heterocycles. The fourth-order valence-electron chi connectivity index (χ4n) is 2.80. The molecule has 2 aromatic carbocycles. The van der Waals surface area contributed by atoms with E-state index in [9.17, 15) is 23.2 Å². The number of hydrogen-bond acceptors (Lipinski definition) is 5. The molecule has 1 heterocycles. The molecular formula is C22H19ClF2N4O3S. The van der Waals surface area contributed by atoms with Gasteiger partial charge in [-0.05, 0) is 35.9 Å². The van der Waals surface area contributed by atoms with E-state index < -0.39 is 29.4 Å². The van der Waals surface area contributed by atoms with Crippen LogP contribution >= 0.6 is 22.9 Å². The molecule has 0 bridgehead atoms. The normalized spacial score (nSPS) is 10.5. The summed E-state index contributed by atoms with van der Waals surface area (Å²) in [5.74, 6) is -2.49. The number of hydrogen-bond donors (Lipinski definition) is 2. The lowest BCUT2D eigenvalue weighted by molar-refractivity contribution is -0.125. The van der Waals surface area contributed by atoms with Crippen molar-refractivity contribution in [3.05, 3.63) is 76.3 Å². The number of amides is 3. The third-order valence-corrected chi connectivity index (χ3v) is 5.44. The fraction of sp³-hybridized carbons (Fsp3) is 0.182. The van der Waals surface area contributed by atoms with Crippen LogP contribution in [0.2, 0.25) is 5.02 Å². The Kier molecular flexibility index (Phi) is 8.45. The van der Waals surface area contributed by atoms with Crippen LogP contribution in [0.4, 0.5) is 19.6 Å². The monoisotopic (exact) mass is 492 g/mol. The minimum atomic E-state index is -0.670. The van der Waals surface area contributed by atoms with Gasteiger partial charge in [0.15, 0.2) is 5.13 Å². The standard InChI is InChI=1S/C22H19ClF2N4O3S/c23-17-11-16(5-6-18(17)25)29(13-20(31)27-12-14-1-3-15(24)4-2-14)21(32)8-7-19(30)28-22-26-9-10-33-22/h1-6,9-11H,7-8,12-13H2,(H,27,31)(H,26,28,30). The van der Waals surface area contributed by atoms with Gasteiger partial charge in [-0.25, -0.2) is 13.8 Å². The molecule has 3 rings (SSSR count). The first-order valence-corrected chi connectivity index (χ1v) is 11.0. The van der Waals surface area contributed by atoms with Crippen LogP contribution in [0.3, 0.4) is 0 Å². The number of halogens is 3. The number of nitrogens with one attached hydrogen (secondary N) is 2. The molecule has 1 aromatic heterocycles. The molecule has 0 saturated carbocycles. The number of benzene rings is 2. The molecule has 0 atom stereocenters. The Labute approximate surface area is 197 Å². The lowest BCUT2D eigenvalue weighted by Crippen LogP contribution is -2.41. The van der Waals surface area contributed by atoms with Crippen molar-refractivity contribution in [1.29, 1.82) is 0 Å². The highest BCUT2D eigenvalue weighted by Crippen LogP contribution is 2.23. The number of aromatic nitrogens is 1.